The van der Waals surface area contributed by atoms with Gasteiger partial charge >= 0.3 is 12.1 Å². The average Bonchev–Trinajstić information content (AvgIpc) is 2.74. The summed E-state index contributed by atoms with van der Waals surface area (Å²) in [6, 6.07) is 0.960. The van der Waals surface area contributed by atoms with Crippen molar-refractivity contribution in [3.63, 3.8) is 0 Å². The molecule has 1 aliphatic rings. The predicted octanol–water partition coefficient (Wildman–Crippen LogP) is 5.07. The predicted molar refractivity (Wildman–Crippen MR) is 139 cm³/mol. The van der Waals surface area contributed by atoms with Gasteiger partial charge < -0.3 is 15.0 Å². The number of nitrogens with one attached hydrogen (secondary N) is 3. The summed E-state index contributed by atoms with van der Waals surface area (Å²) in [5, 5.41) is 5.52. The van der Waals surface area contributed by atoms with E-state index in [0.29, 0.717) is 24.8 Å². The van der Waals surface area contributed by atoms with E-state index < -0.39 is 6.03 Å². The number of hydrogen-bond donors (Lipinski definition) is 3. The summed E-state index contributed by atoms with van der Waals surface area (Å²) in [6.45, 7) is 13.5. The van der Waals surface area contributed by atoms with Gasteiger partial charge in [-0.25, -0.2) is 14.6 Å². The Morgan fingerprint density at radius 1 is 1.26 bits per heavy atom. The summed E-state index contributed by atoms with van der Waals surface area (Å²) in [7, 11) is 1.82. The van der Waals surface area contributed by atoms with Crippen LogP contribution in [0, 0.1) is 23.7 Å². The van der Waals surface area contributed by atoms with Gasteiger partial charge in [0.2, 0.25) is 5.95 Å². The summed E-state index contributed by atoms with van der Waals surface area (Å²) in [5.41, 5.74) is 0.00276. The highest BCUT2D eigenvalue weighted by Crippen LogP contribution is 2.47. The highest BCUT2D eigenvalue weighted by molar-refractivity contribution is 5.87. The first-order valence-corrected chi connectivity index (χ1v) is 12.9. The number of aromatic amines is 1. The van der Waals surface area contributed by atoms with Crippen LogP contribution >= 0.6 is 0 Å². The zero-order valence-corrected chi connectivity index (χ0v) is 22.6. The van der Waals surface area contributed by atoms with Gasteiger partial charge in [-0.3, -0.25) is 15.1 Å². The van der Waals surface area contributed by atoms with E-state index in [1.165, 1.54) is 6.07 Å². The van der Waals surface area contributed by atoms with Crippen molar-refractivity contribution >= 4 is 18.1 Å². The molecule has 1 aromatic rings. The molecular weight excluding hydrogens is 446 g/mol. The number of carbonyl (C=O) groups is 2. The van der Waals surface area contributed by atoms with E-state index in [9.17, 15) is 14.4 Å². The van der Waals surface area contributed by atoms with Gasteiger partial charge in [-0.05, 0) is 49.4 Å². The molecule has 198 valence electrons. The maximum absolute atomic E-state index is 12.8. The van der Waals surface area contributed by atoms with Crippen LogP contribution in [0.4, 0.5) is 15.5 Å². The fourth-order valence-electron chi connectivity index (χ4n) is 5.60. The van der Waals surface area contributed by atoms with Gasteiger partial charge in [0.15, 0.2) is 0 Å². The van der Waals surface area contributed by atoms with Crippen LogP contribution in [0.3, 0.4) is 0 Å². The van der Waals surface area contributed by atoms with Crippen LogP contribution in [0.15, 0.2) is 10.9 Å². The molecule has 1 fully saturated rings. The number of amides is 3. The van der Waals surface area contributed by atoms with Crippen LogP contribution in [0.5, 0.6) is 0 Å². The number of rotatable bonds is 10. The molecule has 1 saturated carbocycles. The molecule has 1 heterocycles. The lowest BCUT2D eigenvalue weighted by molar-refractivity contribution is 0.0197. The number of aryl methyl sites for hydroxylation is 1. The molecule has 3 unspecified atom stereocenters. The molecule has 1 aromatic heterocycles. The molecule has 0 spiro atoms. The van der Waals surface area contributed by atoms with Gasteiger partial charge in [0.25, 0.3) is 5.56 Å². The van der Waals surface area contributed by atoms with E-state index in [4.69, 9.17) is 4.74 Å². The lowest BCUT2D eigenvalue weighted by atomic mass is 9.62. The van der Waals surface area contributed by atoms with Crippen molar-refractivity contribution in [2.45, 2.75) is 92.5 Å². The van der Waals surface area contributed by atoms with Gasteiger partial charge in [0, 0.05) is 31.4 Å². The number of carbonyl (C=O) groups excluding carboxylic acids is 2. The Balaban J connectivity index is 1.94. The molecule has 0 radical (unpaired) electrons. The zero-order chi connectivity index (χ0) is 26.2. The number of H-pyrrole nitrogens is 1. The lowest BCUT2D eigenvalue weighted by Gasteiger charge is -2.48. The van der Waals surface area contributed by atoms with Crippen molar-refractivity contribution in [2.75, 3.05) is 25.5 Å². The van der Waals surface area contributed by atoms with Crippen LogP contribution in [0.25, 0.3) is 0 Å². The maximum Gasteiger partial charge on any atom is 0.409 e. The van der Waals surface area contributed by atoms with E-state index in [2.05, 4.69) is 55.2 Å². The molecule has 9 heteroatoms. The average molecular weight is 492 g/mol. The SMILES string of the molecule is CCCC(CC)CCOC(=O)N(C)C1CC(C)(C)CC(C)(CNC(=O)Nc2nc(C)cc(=O)[nH]2)C1. The summed E-state index contributed by atoms with van der Waals surface area (Å²) in [4.78, 5) is 45.3. The molecule has 3 atom stereocenters. The summed E-state index contributed by atoms with van der Waals surface area (Å²) >= 11 is 0. The minimum Gasteiger partial charge on any atom is -0.449 e. The Morgan fingerprint density at radius 2 is 1.97 bits per heavy atom. The van der Waals surface area contributed by atoms with Gasteiger partial charge in [-0.15, -0.1) is 0 Å². The molecule has 3 N–H and O–H groups in total. The fraction of sp³-hybridized carbons (Fsp3) is 0.769. The fourth-order valence-corrected chi connectivity index (χ4v) is 5.60. The minimum atomic E-state index is -0.426. The monoisotopic (exact) mass is 491 g/mol. The molecule has 0 aliphatic heterocycles. The number of hydrogen-bond acceptors (Lipinski definition) is 5. The molecule has 0 saturated heterocycles. The van der Waals surface area contributed by atoms with Gasteiger partial charge in [0.1, 0.15) is 0 Å². The number of anilines is 1. The van der Waals surface area contributed by atoms with Crippen molar-refractivity contribution in [1.82, 2.24) is 20.2 Å². The Kier molecular flexibility index (Phi) is 10.2. The number of aromatic nitrogens is 2. The van der Waals surface area contributed by atoms with Crippen molar-refractivity contribution < 1.29 is 14.3 Å². The third kappa shape index (κ3) is 9.18. The summed E-state index contributed by atoms with van der Waals surface area (Å²) in [5.74, 6) is 0.714. The molecule has 35 heavy (non-hydrogen) atoms. The molecule has 1 aliphatic carbocycles. The third-order valence-corrected chi connectivity index (χ3v) is 7.06. The highest BCUT2D eigenvalue weighted by Gasteiger charge is 2.43. The smallest absolute Gasteiger partial charge is 0.409 e. The quantitative estimate of drug-likeness (QED) is 0.422. The second-order valence-electron chi connectivity index (χ2n) is 11.3. The first kappa shape index (κ1) is 28.7. The van der Waals surface area contributed by atoms with Crippen molar-refractivity contribution in [3.05, 3.63) is 22.1 Å². The van der Waals surface area contributed by atoms with Crippen LogP contribution in [-0.2, 0) is 4.74 Å². The van der Waals surface area contributed by atoms with Crippen LogP contribution in [0.1, 0.15) is 85.3 Å². The normalized spacial score (nSPS) is 22.2. The third-order valence-electron chi connectivity index (χ3n) is 7.06. The van der Waals surface area contributed by atoms with Gasteiger partial charge in [-0.2, -0.15) is 0 Å². The number of nitrogens with zero attached hydrogens (tertiary/aromatic N) is 2. The maximum atomic E-state index is 12.8. The molecule has 0 aromatic carbocycles. The van der Waals surface area contributed by atoms with Gasteiger partial charge in [-0.1, -0.05) is 53.9 Å². The highest BCUT2D eigenvalue weighted by atomic mass is 16.6. The standard InChI is InChI=1S/C26H45N5O4/c1-8-10-19(9-2)11-12-35-24(34)31(7)20-14-25(4,5)16-26(6,15-20)17-27-23(33)30-22-28-18(3)13-21(32)29-22/h13,19-20H,8-12,14-17H2,1-7H3,(H3,27,28,29,30,32,33). The molecule has 9 nitrogen and oxygen atoms in total. The first-order chi connectivity index (χ1) is 16.4. The summed E-state index contributed by atoms with van der Waals surface area (Å²) < 4.78 is 5.63. The molecular formula is C26H45N5O4. The lowest BCUT2D eigenvalue weighted by Crippen LogP contribution is -2.51. The Labute approximate surface area is 209 Å². The van der Waals surface area contributed by atoms with E-state index in [1.54, 1.807) is 11.8 Å². The number of ether oxygens (including phenoxy) is 1. The number of urea groups is 1. The topological polar surface area (TPSA) is 116 Å². The Morgan fingerprint density at radius 3 is 2.60 bits per heavy atom. The molecule has 2 rings (SSSR count). The molecule has 0 bridgehead atoms. The van der Waals surface area contributed by atoms with Crippen molar-refractivity contribution in [1.29, 1.82) is 0 Å². The second-order valence-corrected chi connectivity index (χ2v) is 11.3. The van der Waals surface area contributed by atoms with Crippen molar-refractivity contribution in [2.24, 2.45) is 16.7 Å². The molecule has 3 amide bonds. The van der Waals surface area contributed by atoms with Crippen molar-refractivity contribution in [3.8, 4) is 0 Å². The van der Waals surface area contributed by atoms with E-state index in [0.717, 1.165) is 44.9 Å². The largest absolute Gasteiger partial charge is 0.449 e. The zero-order valence-electron chi connectivity index (χ0n) is 22.6. The first-order valence-electron chi connectivity index (χ1n) is 12.9. The van der Waals surface area contributed by atoms with Crippen LogP contribution in [-0.4, -0.2) is 53.2 Å². The van der Waals surface area contributed by atoms with Gasteiger partial charge in [0.05, 0.1) is 6.61 Å². The minimum absolute atomic E-state index is 0.00211. The van der Waals surface area contributed by atoms with Crippen LogP contribution in [0.2, 0.25) is 0 Å². The summed E-state index contributed by atoms with van der Waals surface area (Å²) in [6.07, 6.45) is 6.58. The van der Waals surface area contributed by atoms with Crippen LogP contribution < -0.4 is 16.2 Å². The van der Waals surface area contributed by atoms with E-state index in [-0.39, 0.29) is 34.5 Å². The second kappa shape index (κ2) is 12.4. The van der Waals surface area contributed by atoms with E-state index in [1.807, 2.05) is 7.05 Å². The van der Waals surface area contributed by atoms with E-state index >= 15 is 0 Å². The Bertz CT molecular complexity index is 915. The Hall–Kier alpha value is -2.58.